The van der Waals surface area contributed by atoms with Crippen LogP contribution in [0.3, 0.4) is 0 Å². The second-order valence-corrected chi connectivity index (χ2v) is 5.05. The fraction of sp³-hybridized carbons (Fsp3) is 0.417. The third-order valence-corrected chi connectivity index (χ3v) is 3.63. The second-order valence-electron chi connectivity index (χ2n) is 4.27. The number of amides is 1. The Bertz CT molecular complexity index is 536. The van der Waals surface area contributed by atoms with Crippen molar-refractivity contribution >= 4 is 34.8 Å². The number of nitro benzene ring substituents is 1. The summed E-state index contributed by atoms with van der Waals surface area (Å²) >= 11 is 11.6. The van der Waals surface area contributed by atoms with Crippen molar-refractivity contribution < 1.29 is 14.5 Å². The van der Waals surface area contributed by atoms with Crippen molar-refractivity contribution in [3.05, 3.63) is 37.9 Å². The van der Waals surface area contributed by atoms with Crippen LogP contribution in [0.25, 0.3) is 0 Å². The maximum Gasteiger partial charge on any atom is 0.290 e. The van der Waals surface area contributed by atoms with Gasteiger partial charge < -0.3 is 9.64 Å². The fourth-order valence-electron chi connectivity index (χ4n) is 1.59. The van der Waals surface area contributed by atoms with E-state index in [9.17, 15) is 14.9 Å². The zero-order valence-corrected chi connectivity index (χ0v) is 12.7. The summed E-state index contributed by atoms with van der Waals surface area (Å²) in [7, 11) is 3.11. The molecule has 1 aromatic rings. The summed E-state index contributed by atoms with van der Waals surface area (Å²) < 4.78 is 4.97. The number of methoxy groups -OCH3 is 1. The summed E-state index contributed by atoms with van der Waals surface area (Å²) in [6, 6.07) is 2.25. The molecule has 20 heavy (non-hydrogen) atoms. The van der Waals surface area contributed by atoms with Crippen LogP contribution in [-0.4, -0.2) is 42.5 Å². The molecule has 0 fully saturated rings. The molecule has 1 aromatic carbocycles. The van der Waals surface area contributed by atoms with E-state index >= 15 is 0 Å². The van der Waals surface area contributed by atoms with E-state index in [2.05, 4.69) is 0 Å². The van der Waals surface area contributed by atoms with Crippen molar-refractivity contribution in [2.45, 2.75) is 13.0 Å². The van der Waals surface area contributed by atoms with Crippen molar-refractivity contribution in [3.63, 3.8) is 0 Å². The number of ether oxygens (including phenoxy) is 1. The number of nitro groups is 1. The second kappa shape index (κ2) is 6.88. The lowest BCUT2D eigenvalue weighted by Gasteiger charge is -2.24. The summed E-state index contributed by atoms with van der Waals surface area (Å²) in [6.45, 7) is 2.15. The van der Waals surface area contributed by atoms with Crippen LogP contribution in [0, 0.1) is 10.1 Å². The van der Waals surface area contributed by atoms with Crippen molar-refractivity contribution in [1.29, 1.82) is 0 Å². The molecule has 0 spiro atoms. The first-order valence-electron chi connectivity index (χ1n) is 5.69. The van der Waals surface area contributed by atoms with E-state index in [4.69, 9.17) is 27.9 Å². The largest absolute Gasteiger partial charge is 0.383 e. The third-order valence-electron chi connectivity index (χ3n) is 2.84. The first-order chi connectivity index (χ1) is 9.29. The molecule has 0 aliphatic carbocycles. The Balaban J connectivity index is 3.14. The van der Waals surface area contributed by atoms with Gasteiger partial charge in [-0.25, -0.2) is 0 Å². The third kappa shape index (κ3) is 3.59. The van der Waals surface area contributed by atoms with E-state index in [1.807, 2.05) is 0 Å². The van der Waals surface area contributed by atoms with Crippen LogP contribution in [0.4, 0.5) is 5.69 Å². The maximum atomic E-state index is 12.2. The van der Waals surface area contributed by atoms with Gasteiger partial charge in [0.15, 0.2) is 0 Å². The molecule has 0 aromatic heterocycles. The topological polar surface area (TPSA) is 72.7 Å². The van der Waals surface area contributed by atoms with Gasteiger partial charge in [0, 0.05) is 25.8 Å². The Labute approximate surface area is 126 Å². The minimum atomic E-state index is -0.677. The maximum absolute atomic E-state index is 12.2. The molecule has 6 nitrogen and oxygen atoms in total. The fourth-order valence-corrected chi connectivity index (χ4v) is 1.98. The number of rotatable bonds is 5. The zero-order valence-electron chi connectivity index (χ0n) is 11.2. The molecule has 0 N–H and O–H groups in total. The number of halogens is 2. The Kier molecular flexibility index (Phi) is 5.74. The molecular formula is C12H14Cl2N2O4. The lowest BCUT2D eigenvalue weighted by atomic mass is 10.1. The molecule has 0 saturated carbocycles. The first-order valence-corrected chi connectivity index (χ1v) is 6.44. The quantitative estimate of drug-likeness (QED) is 0.617. The highest BCUT2D eigenvalue weighted by Crippen LogP contribution is 2.33. The van der Waals surface area contributed by atoms with Gasteiger partial charge in [-0.3, -0.25) is 14.9 Å². The lowest BCUT2D eigenvalue weighted by Crippen LogP contribution is -2.37. The SMILES string of the molecule is COCC(C)N(C)C(=O)c1cc(Cl)c(Cl)c([N+](=O)[O-])c1. The van der Waals surface area contributed by atoms with Crippen molar-refractivity contribution in [3.8, 4) is 0 Å². The molecule has 0 saturated heterocycles. The molecule has 0 heterocycles. The predicted octanol–water partition coefficient (Wildman–Crippen LogP) is 3.01. The van der Waals surface area contributed by atoms with Gasteiger partial charge in [0.05, 0.1) is 22.6 Å². The molecular weight excluding hydrogens is 307 g/mol. The Morgan fingerprint density at radius 1 is 1.50 bits per heavy atom. The normalized spacial score (nSPS) is 12.1. The smallest absolute Gasteiger partial charge is 0.290 e. The number of hydrogen-bond acceptors (Lipinski definition) is 4. The van der Waals surface area contributed by atoms with E-state index in [-0.39, 0.29) is 21.7 Å². The molecule has 0 aliphatic rings. The van der Waals surface area contributed by atoms with Crippen molar-refractivity contribution in [1.82, 2.24) is 4.90 Å². The minimum absolute atomic E-state index is 0.0305. The van der Waals surface area contributed by atoms with Gasteiger partial charge in [0.25, 0.3) is 11.6 Å². The molecule has 1 unspecified atom stereocenters. The molecule has 110 valence electrons. The summed E-state index contributed by atoms with van der Waals surface area (Å²) in [6.07, 6.45) is 0. The van der Waals surface area contributed by atoms with Crippen LogP contribution in [0.2, 0.25) is 10.0 Å². The number of likely N-dealkylation sites (N-methyl/N-ethyl adjacent to an activating group) is 1. The number of benzene rings is 1. The van der Waals surface area contributed by atoms with Crippen LogP contribution >= 0.6 is 23.2 Å². The molecule has 1 amide bonds. The summed E-state index contributed by atoms with van der Waals surface area (Å²) in [4.78, 5) is 23.9. The number of carbonyl (C=O) groups excluding carboxylic acids is 1. The van der Waals surface area contributed by atoms with E-state index in [1.165, 1.54) is 18.1 Å². The van der Waals surface area contributed by atoms with Crippen molar-refractivity contribution in [2.75, 3.05) is 20.8 Å². The highest BCUT2D eigenvalue weighted by Gasteiger charge is 2.23. The van der Waals surface area contributed by atoms with Gasteiger partial charge in [-0.1, -0.05) is 23.2 Å². The van der Waals surface area contributed by atoms with E-state index in [0.717, 1.165) is 6.07 Å². The Morgan fingerprint density at radius 2 is 2.10 bits per heavy atom. The van der Waals surface area contributed by atoms with Crippen LogP contribution in [0.5, 0.6) is 0 Å². The Morgan fingerprint density at radius 3 is 2.60 bits per heavy atom. The van der Waals surface area contributed by atoms with Crippen LogP contribution in [0.15, 0.2) is 12.1 Å². The molecule has 8 heteroatoms. The van der Waals surface area contributed by atoms with Crippen LogP contribution < -0.4 is 0 Å². The minimum Gasteiger partial charge on any atom is -0.383 e. The molecule has 0 bridgehead atoms. The average molecular weight is 321 g/mol. The van der Waals surface area contributed by atoms with Crippen LogP contribution in [-0.2, 0) is 4.74 Å². The van der Waals surface area contributed by atoms with E-state index in [0.29, 0.717) is 6.61 Å². The predicted molar refractivity (Wildman–Crippen MR) is 76.5 cm³/mol. The standard InChI is InChI=1S/C12H14Cl2N2O4/c1-7(6-20-3)15(2)12(17)8-4-9(13)11(14)10(5-8)16(18)19/h4-5,7H,6H2,1-3H3. The number of nitrogens with zero attached hydrogens (tertiary/aromatic N) is 2. The Hall–Kier alpha value is -1.37. The highest BCUT2D eigenvalue weighted by molar-refractivity contribution is 6.43. The van der Waals surface area contributed by atoms with Crippen LogP contribution in [0.1, 0.15) is 17.3 Å². The summed E-state index contributed by atoms with van der Waals surface area (Å²) in [5, 5.41) is 10.7. The van der Waals surface area contributed by atoms with Gasteiger partial charge in [-0.2, -0.15) is 0 Å². The molecule has 0 aliphatic heterocycles. The van der Waals surface area contributed by atoms with Gasteiger partial charge in [-0.15, -0.1) is 0 Å². The zero-order chi connectivity index (χ0) is 15.4. The van der Waals surface area contributed by atoms with E-state index < -0.39 is 16.5 Å². The van der Waals surface area contributed by atoms with Crippen molar-refractivity contribution in [2.24, 2.45) is 0 Å². The van der Waals surface area contributed by atoms with Gasteiger partial charge in [0.1, 0.15) is 5.02 Å². The first kappa shape index (κ1) is 16.7. The number of carbonyl (C=O) groups is 1. The number of hydrogen-bond donors (Lipinski definition) is 0. The molecule has 0 radical (unpaired) electrons. The molecule has 1 rings (SSSR count). The lowest BCUT2D eigenvalue weighted by molar-refractivity contribution is -0.384. The molecule has 1 atom stereocenters. The average Bonchev–Trinajstić information content (AvgIpc) is 2.39. The summed E-state index contributed by atoms with van der Waals surface area (Å²) in [5.41, 5.74) is -0.285. The van der Waals surface area contributed by atoms with E-state index in [1.54, 1.807) is 14.0 Å². The summed E-state index contributed by atoms with van der Waals surface area (Å²) in [5.74, 6) is -0.392. The van der Waals surface area contributed by atoms with Gasteiger partial charge in [0.2, 0.25) is 0 Å². The van der Waals surface area contributed by atoms with Gasteiger partial charge in [-0.05, 0) is 13.0 Å². The highest BCUT2D eigenvalue weighted by atomic mass is 35.5. The van der Waals surface area contributed by atoms with Gasteiger partial charge >= 0.3 is 0 Å². The monoisotopic (exact) mass is 320 g/mol.